The Morgan fingerprint density at radius 2 is 1.77 bits per heavy atom. The van der Waals surface area contributed by atoms with Crippen LogP contribution in [0.15, 0.2) is 24.3 Å². The van der Waals surface area contributed by atoms with Crippen molar-refractivity contribution in [2.75, 3.05) is 14.2 Å². The summed E-state index contributed by atoms with van der Waals surface area (Å²) in [5.74, 6) is 0.897. The van der Waals surface area contributed by atoms with Crippen molar-refractivity contribution >= 4 is 0 Å². The summed E-state index contributed by atoms with van der Waals surface area (Å²) in [5, 5.41) is 0. The van der Waals surface area contributed by atoms with Gasteiger partial charge in [0.05, 0.1) is 13.2 Å². The van der Waals surface area contributed by atoms with Crippen LogP contribution < -0.4 is 4.74 Å². The topological polar surface area (TPSA) is 18.5 Å². The van der Waals surface area contributed by atoms with E-state index in [4.69, 9.17) is 9.47 Å². The van der Waals surface area contributed by atoms with E-state index in [1.165, 1.54) is 5.56 Å². The quantitative estimate of drug-likeness (QED) is 0.707. The van der Waals surface area contributed by atoms with Gasteiger partial charge in [0.25, 0.3) is 0 Å². The molecule has 0 amide bonds. The summed E-state index contributed by atoms with van der Waals surface area (Å²) in [6.07, 6.45) is 1.22. The lowest BCUT2D eigenvalue weighted by atomic mass is 10.1. The van der Waals surface area contributed by atoms with E-state index in [0.29, 0.717) is 0 Å². The minimum absolute atomic E-state index is 0.272. The van der Waals surface area contributed by atoms with Gasteiger partial charge in [-0.05, 0) is 31.0 Å². The van der Waals surface area contributed by atoms with Crippen molar-refractivity contribution in [1.82, 2.24) is 0 Å². The zero-order valence-electron chi connectivity index (χ0n) is 8.41. The average molecular weight is 180 g/mol. The summed E-state index contributed by atoms with van der Waals surface area (Å²) >= 11 is 0. The summed E-state index contributed by atoms with van der Waals surface area (Å²) in [6, 6.07) is 8.07. The van der Waals surface area contributed by atoms with E-state index in [0.717, 1.165) is 12.2 Å². The van der Waals surface area contributed by atoms with Crippen LogP contribution in [0.1, 0.15) is 12.5 Å². The molecule has 0 N–H and O–H groups in total. The monoisotopic (exact) mass is 180 g/mol. The third-order valence-corrected chi connectivity index (χ3v) is 2.08. The molecule has 0 fully saturated rings. The number of hydrogen-bond acceptors (Lipinski definition) is 2. The van der Waals surface area contributed by atoms with Gasteiger partial charge in [-0.3, -0.25) is 0 Å². The zero-order valence-corrected chi connectivity index (χ0v) is 8.41. The van der Waals surface area contributed by atoms with E-state index < -0.39 is 0 Å². The van der Waals surface area contributed by atoms with Gasteiger partial charge in [-0.25, -0.2) is 0 Å². The van der Waals surface area contributed by atoms with Crippen molar-refractivity contribution in [1.29, 1.82) is 0 Å². The van der Waals surface area contributed by atoms with E-state index in [2.05, 4.69) is 19.1 Å². The van der Waals surface area contributed by atoms with Crippen LogP contribution in [0.3, 0.4) is 0 Å². The Balaban J connectivity index is 2.58. The van der Waals surface area contributed by atoms with E-state index in [-0.39, 0.29) is 6.10 Å². The molecule has 1 rings (SSSR count). The minimum atomic E-state index is 0.272. The van der Waals surface area contributed by atoms with Crippen LogP contribution in [0.25, 0.3) is 0 Å². The fourth-order valence-corrected chi connectivity index (χ4v) is 1.18. The van der Waals surface area contributed by atoms with Crippen LogP contribution in [0.2, 0.25) is 0 Å². The molecular formula is C11H16O2. The molecule has 0 radical (unpaired) electrons. The molecule has 1 aromatic carbocycles. The van der Waals surface area contributed by atoms with Gasteiger partial charge in [-0.2, -0.15) is 0 Å². The van der Waals surface area contributed by atoms with Gasteiger partial charge in [0.2, 0.25) is 0 Å². The van der Waals surface area contributed by atoms with Crippen molar-refractivity contribution in [3.8, 4) is 5.75 Å². The third kappa shape index (κ3) is 3.07. The van der Waals surface area contributed by atoms with Crippen LogP contribution in [-0.4, -0.2) is 20.3 Å². The van der Waals surface area contributed by atoms with Gasteiger partial charge in [0, 0.05) is 7.11 Å². The summed E-state index contributed by atoms with van der Waals surface area (Å²) in [6.45, 7) is 2.06. The summed E-state index contributed by atoms with van der Waals surface area (Å²) in [5.41, 5.74) is 1.27. The maximum Gasteiger partial charge on any atom is 0.118 e. The molecule has 13 heavy (non-hydrogen) atoms. The first-order valence-corrected chi connectivity index (χ1v) is 4.42. The third-order valence-electron chi connectivity index (χ3n) is 2.08. The largest absolute Gasteiger partial charge is 0.497 e. The second-order valence-corrected chi connectivity index (χ2v) is 3.10. The molecule has 0 heterocycles. The van der Waals surface area contributed by atoms with Crippen LogP contribution in [0.4, 0.5) is 0 Å². The molecule has 0 bridgehead atoms. The second-order valence-electron chi connectivity index (χ2n) is 3.10. The second kappa shape index (κ2) is 4.87. The van der Waals surface area contributed by atoms with Gasteiger partial charge >= 0.3 is 0 Å². The molecule has 0 saturated heterocycles. The fourth-order valence-electron chi connectivity index (χ4n) is 1.18. The van der Waals surface area contributed by atoms with Gasteiger partial charge in [0.15, 0.2) is 0 Å². The fraction of sp³-hybridized carbons (Fsp3) is 0.455. The van der Waals surface area contributed by atoms with Crippen molar-refractivity contribution in [2.45, 2.75) is 19.4 Å². The molecule has 0 spiro atoms. The van der Waals surface area contributed by atoms with Crippen LogP contribution >= 0.6 is 0 Å². The lowest BCUT2D eigenvalue weighted by Gasteiger charge is -2.09. The molecule has 72 valence electrons. The Morgan fingerprint density at radius 1 is 1.15 bits per heavy atom. The maximum atomic E-state index is 5.18. The molecule has 0 aliphatic heterocycles. The van der Waals surface area contributed by atoms with Gasteiger partial charge in [0.1, 0.15) is 5.75 Å². The van der Waals surface area contributed by atoms with Gasteiger partial charge in [-0.1, -0.05) is 12.1 Å². The lowest BCUT2D eigenvalue weighted by molar-refractivity contribution is 0.119. The molecule has 0 saturated carbocycles. The van der Waals surface area contributed by atoms with Crippen molar-refractivity contribution in [3.05, 3.63) is 29.8 Å². The minimum Gasteiger partial charge on any atom is -0.497 e. The SMILES string of the molecule is COc1ccc(CC(C)OC)cc1. The standard InChI is InChI=1S/C11H16O2/c1-9(12-2)8-10-4-6-11(13-3)7-5-10/h4-7,9H,8H2,1-3H3. The first-order chi connectivity index (χ1) is 6.26. The molecule has 2 heteroatoms. The van der Waals surface area contributed by atoms with E-state index >= 15 is 0 Å². The highest BCUT2D eigenvalue weighted by atomic mass is 16.5. The predicted octanol–water partition coefficient (Wildman–Crippen LogP) is 2.27. The van der Waals surface area contributed by atoms with E-state index in [1.807, 2.05) is 12.1 Å². The van der Waals surface area contributed by atoms with Crippen molar-refractivity contribution in [2.24, 2.45) is 0 Å². The number of rotatable bonds is 4. The number of benzene rings is 1. The Labute approximate surface area is 79.5 Å². The molecule has 0 aliphatic rings. The van der Waals surface area contributed by atoms with Crippen LogP contribution in [0, 0.1) is 0 Å². The maximum absolute atomic E-state index is 5.18. The Kier molecular flexibility index (Phi) is 3.77. The molecule has 1 atom stereocenters. The molecular weight excluding hydrogens is 164 g/mol. The number of hydrogen-bond donors (Lipinski definition) is 0. The predicted molar refractivity (Wildman–Crippen MR) is 53.2 cm³/mol. The average Bonchev–Trinajstić information content (AvgIpc) is 2.19. The highest BCUT2D eigenvalue weighted by molar-refractivity contribution is 5.27. The Hall–Kier alpha value is -1.02. The summed E-state index contributed by atoms with van der Waals surface area (Å²) < 4.78 is 10.2. The van der Waals surface area contributed by atoms with Crippen molar-refractivity contribution < 1.29 is 9.47 Å². The first kappa shape index (κ1) is 10.1. The molecule has 0 aliphatic carbocycles. The van der Waals surface area contributed by atoms with Crippen LogP contribution in [0.5, 0.6) is 5.75 Å². The van der Waals surface area contributed by atoms with Crippen molar-refractivity contribution in [3.63, 3.8) is 0 Å². The Morgan fingerprint density at radius 3 is 2.23 bits per heavy atom. The Bertz CT molecular complexity index is 241. The molecule has 1 aromatic rings. The lowest BCUT2D eigenvalue weighted by Crippen LogP contribution is -2.08. The van der Waals surface area contributed by atoms with Gasteiger partial charge in [-0.15, -0.1) is 0 Å². The summed E-state index contributed by atoms with van der Waals surface area (Å²) in [7, 11) is 3.40. The first-order valence-electron chi connectivity index (χ1n) is 4.42. The van der Waals surface area contributed by atoms with Gasteiger partial charge < -0.3 is 9.47 Å². The zero-order chi connectivity index (χ0) is 9.68. The normalized spacial score (nSPS) is 12.5. The summed E-state index contributed by atoms with van der Waals surface area (Å²) in [4.78, 5) is 0. The van der Waals surface area contributed by atoms with E-state index in [9.17, 15) is 0 Å². The smallest absolute Gasteiger partial charge is 0.118 e. The number of ether oxygens (including phenoxy) is 2. The van der Waals surface area contributed by atoms with E-state index in [1.54, 1.807) is 14.2 Å². The molecule has 2 nitrogen and oxygen atoms in total. The molecule has 0 aromatic heterocycles. The highest BCUT2D eigenvalue weighted by Gasteiger charge is 2.01. The highest BCUT2D eigenvalue weighted by Crippen LogP contribution is 2.13. The number of methoxy groups -OCH3 is 2. The molecule has 1 unspecified atom stereocenters. The van der Waals surface area contributed by atoms with Crippen LogP contribution in [-0.2, 0) is 11.2 Å².